The summed E-state index contributed by atoms with van der Waals surface area (Å²) in [6.45, 7) is 1.95. The van der Waals surface area contributed by atoms with E-state index in [0.29, 0.717) is 5.69 Å². The quantitative estimate of drug-likeness (QED) is 0.477. The molecule has 0 aliphatic carbocycles. The van der Waals surface area contributed by atoms with Crippen LogP contribution in [0.5, 0.6) is 0 Å². The van der Waals surface area contributed by atoms with Gasteiger partial charge in [0.25, 0.3) is 17.7 Å². The number of amidine groups is 1. The standard InChI is InChI=1S/C22H27N5O5/c1-24-15-6-4-5-14-19(15)22(31)27(20(14)29)16-7-8-17(23)26(21(16)30)11-12-32-18(28)13-25-9-2-3-10-25/h4-6,16,23-24H,2-3,7-13H2,1H3. The van der Waals surface area contributed by atoms with Crippen molar-refractivity contribution in [2.45, 2.75) is 31.7 Å². The number of nitrogens with one attached hydrogen (secondary N) is 2. The Morgan fingerprint density at radius 1 is 1.19 bits per heavy atom. The Morgan fingerprint density at radius 3 is 2.66 bits per heavy atom. The third kappa shape index (κ3) is 3.97. The highest BCUT2D eigenvalue weighted by Crippen LogP contribution is 2.33. The van der Waals surface area contributed by atoms with E-state index < -0.39 is 23.8 Å². The fraction of sp³-hybridized carbons (Fsp3) is 0.500. The van der Waals surface area contributed by atoms with Crippen molar-refractivity contribution >= 4 is 35.2 Å². The van der Waals surface area contributed by atoms with Gasteiger partial charge >= 0.3 is 5.97 Å². The molecule has 1 unspecified atom stereocenters. The minimum absolute atomic E-state index is 0.0187. The number of piperidine rings is 1. The van der Waals surface area contributed by atoms with E-state index in [2.05, 4.69) is 5.32 Å². The lowest BCUT2D eigenvalue weighted by molar-refractivity contribution is -0.146. The second-order valence-corrected chi connectivity index (χ2v) is 8.15. The maximum atomic E-state index is 13.1. The summed E-state index contributed by atoms with van der Waals surface area (Å²) in [5, 5.41) is 11.1. The molecular formula is C22H27N5O5. The maximum absolute atomic E-state index is 13.1. The number of anilines is 1. The van der Waals surface area contributed by atoms with Crippen LogP contribution in [-0.4, -0.2) is 90.1 Å². The summed E-state index contributed by atoms with van der Waals surface area (Å²) in [5.74, 6) is -1.80. The van der Waals surface area contributed by atoms with E-state index in [4.69, 9.17) is 10.1 Å². The molecule has 0 spiro atoms. The van der Waals surface area contributed by atoms with Gasteiger partial charge in [0, 0.05) is 19.2 Å². The third-order valence-corrected chi connectivity index (χ3v) is 6.19. The predicted octanol–water partition coefficient (Wildman–Crippen LogP) is 0.932. The molecule has 0 saturated carbocycles. The number of carbonyl (C=O) groups excluding carboxylic acids is 4. The SMILES string of the molecule is CNc1cccc2c1C(=O)N(C1CCC(=N)N(CCOC(=O)CN3CCCC3)C1=O)C2=O. The molecule has 1 atom stereocenters. The number of rotatable bonds is 7. The van der Waals surface area contributed by atoms with Crippen LogP contribution >= 0.6 is 0 Å². The maximum Gasteiger partial charge on any atom is 0.320 e. The second-order valence-electron chi connectivity index (χ2n) is 8.15. The van der Waals surface area contributed by atoms with Crippen LogP contribution in [-0.2, 0) is 14.3 Å². The van der Waals surface area contributed by atoms with Gasteiger partial charge in [-0.3, -0.25) is 39.3 Å². The van der Waals surface area contributed by atoms with Gasteiger partial charge in [-0.15, -0.1) is 0 Å². The number of carbonyl (C=O) groups is 4. The highest BCUT2D eigenvalue weighted by Gasteiger charge is 2.47. The number of hydrogen-bond acceptors (Lipinski definition) is 8. The van der Waals surface area contributed by atoms with Crippen LogP contribution in [0, 0.1) is 5.41 Å². The molecule has 170 valence electrons. The Hall–Kier alpha value is -3.27. The van der Waals surface area contributed by atoms with Gasteiger partial charge in [0.05, 0.1) is 24.2 Å². The lowest BCUT2D eigenvalue weighted by Crippen LogP contribution is -2.56. The van der Waals surface area contributed by atoms with Gasteiger partial charge in [0.1, 0.15) is 18.5 Å². The van der Waals surface area contributed by atoms with Gasteiger partial charge in [0.2, 0.25) is 0 Å². The van der Waals surface area contributed by atoms with Crippen molar-refractivity contribution in [3.8, 4) is 0 Å². The van der Waals surface area contributed by atoms with Crippen LogP contribution in [0.1, 0.15) is 46.4 Å². The fourth-order valence-electron chi connectivity index (χ4n) is 4.54. The summed E-state index contributed by atoms with van der Waals surface area (Å²) >= 11 is 0. The van der Waals surface area contributed by atoms with Crippen LogP contribution in [0.2, 0.25) is 0 Å². The van der Waals surface area contributed by atoms with Crippen molar-refractivity contribution in [3.63, 3.8) is 0 Å². The Bertz CT molecular complexity index is 971. The second kappa shape index (κ2) is 9.07. The van der Waals surface area contributed by atoms with E-state index in [1.807, 2.05) is 4.90 Å². The highest BCUT2D eigenvalue weighted by molar-refractivity contribution is 6.25. The smallest absolute Gasteiger partial charge is 0.320 e. The molecule has 3 aliphatic heterocycles. The predicted molar refractivity (Wildman–Crippen MR) is 116 cm³/mol. The Morgan fingerprint density at radius 2 is 1.94 bits per heavy atom. The van der Waals surface area contributed by atoms with Crippen LogP contribution in [0.15, 0.2) is 18.2 Å². The Labute approximate surface area is 186 Å². The summed E-state index contributed by atoms with van der Waals surface area (Å²) in [6.07, 6.45) is 2.58. The number of ether oxygens (including phenoxy) is 1. The number of hydrogen-bond donors (Lipinski definition) is 2. The van der Waals surface area contributed by atoms with Crippen molar-refractivity contribution in [1.82, 2.24) is 14.7 Å². The van der Waals surface area contributed by atoms with Gasteiger partial charge in [-0.05, 0) is 44.5 Å². The van der Waals surface area contributed by atoms with Gasteiger partial charge in [0.15, 0.2) is 0 Å². The lowest BCUT2D eigenvalue weighted by atomic mass is 10.0. The first-order chi connectivity index (χ1) is 15.4. The zero-order chi connectivity index (χ0) is 22.8. The van der Waals surface area contributed by atoms with Gasteiger partial charge in [-0.1, -0.05) is 6.07 Å². The molecule has 2 fully saturated rings. The third-order valence-electron chi connectivity index (χ3n) is 6.19. The number of likely N-dealkylation sites (tertiary alicyclic amines) is 2. The molecule has 2 saturated heterocycles. The van der Waals surface area contributed by atoms with E-state index in [0.717, 1.165) is 30.8 Å². The minimum Gasteiger partial charge on any atom is -0.463 e. The molecule has 2 N–H and O–H groups in total. The van der Waals surface area contributed by atoms with Crippen molar-refractivity contribution in [2.24, 2.45) is 0 Å². The summed E-state index contributed by atoms with van der Waals surface area (Å²) in [5.41, 5.74) is 1.05. The lowest BCUT2D eigenvalue weighted by Gasteiger charge is -2.36. The summed E-state index contributed by atoms with van der Waals surface area (Å²) in [6, 6.07) is 3.97. The van der Waals surface area contributed by atoms with Crippen molar-refractivity contribution < 1.29 is 23.9 Å². The van der Waals surface area contributed by atoms with E-state index in [9.17, 15) is 19.2 Å². The largest absolute Gasteiger partial charge is 0.463 e. The molecule has 0 radical (unpaired) electrons. The molecular weight excluding hydrogens is 414 g/mol. The average molecular weight is 441 g/mol. The van der Waals surface area contributed by atoms with Crippen LogP contribution in [0.3, 0.4) is 0 Å². The first kappa shape index (κ1) is 21.9. The van der Waals surface area contributed by atoms with Crippen molar-refractivity contribution in [3.05, 3.63) is 29.3 Å². The molecule has 1 aromatic carbocycles. The average Bonchev–Trinajstić information content (AvgIpc) is 3.37. The Balaban J connectivity index is 1.41. The number of fused-ring (bicyclic) bond motifs is 1. The fourth-order valence-corrected chi connectivity index (χ4v) is 4.54. The van der Waals surface area contributed by atoms with Gasteiger partial charge in [-0.2, -0.15) is 0 Å². The number of nitrogens with zero attached hydrogens (tertiary/aromatic N) is 3. The van der Waals surface area contributed by atoms with E-state index >= 15 is 0 Å². The first-order valence-corrected chi connectivity index (χ1v) is 10.9. The number of esters is 1. The molecule has 10 heteroatoms. The summed E-state index contributed by atoms with van der Waals surface area (Å²) in [7, 11) is 1.66. The van der Waals surface area contributed by atoms with E-state index in [-0.39, 0.29) is 55.5 Å². The number of benzene rings is 1. The summed E-state index contributed by atoms with van der Waals surface area (Å²) < 4.78 is 5.26. The van der Waals surface area contributed by atoms with Crippen molar-refractivity contribution in [2.75, 3.05) is 45.2 Å². The molecule has 3 amide bonds. The van der Waals surface area contributed by atoms with Gasteiger partial charge < -0.3 is 10.1 Å². The molecule has 3 heterocycles. The molecule has 32 heavy (non-hydrogen) atoms. The Kier molecular flexibility index (Phi) is 6.22. The minimum atomic E-state index is -0.985. The van der Waals surface area contributed by atoms with Crippen LogP contribution in [0.4, 0.5) is 5.69 Å². The van der Waals surface area contributed by atoms with Crippen molar-refractivity contribution in [1.29, 1.82) is 5.41 Å². The van der Waals surface area contributed by atoms with E-state index in [1.54, 1.807) is 25.2 Å². The van der Waals surface area contributed by atoms with Crippen LogP contribution in [0.25, 0.3) is 0 Å². The zero-order valence-electron chi connectivity index (χ0n) is 18.1. The molecule has 3 aliphatic rings. The normalized spacial score (nSPS) is 21.3. The van der Waals surface area contributed by atoms with Crippen LogP contribution < -0.4 is 5.32 Å². The van der Waals surface area contributed by atoms with Gasteiger partial charge in [-0.25, -0.2) is 0 Å². The topological polar surface area (TPSA) is 123 Å². The molecule has 1 aromatic rings. The first-order valence-electron chi connectivity index (χ1n) is 10.9. The monoisotopic (exact) mass is 441 g/mol. The summed E-state index contributed by atoms with van der Waals surface area (Å²) in [4.78, 5) is 55.4. The molecule has 0 aromatic heterocycles. The van der Waals surface area contributed by atoms with E-state index in [1.165, 1.54) is 4.90 Å². The highest BCUT2D eigenvalue weighted by atomic mass is 16.5. The zero-order valence-corrected chi connectivity index (χ0v) is 18.1. The molecule has 0 bridgehead atoms. The molecule has 4 rings (SSSR count). The number of imide groups is 1. The number of amides is 3. The molecule has 10 nitrogen and oxygen atoms in total.